The minimum atomic E-state index is -3.93. The van der Waals surface area contributed by atoms with Crippen molar-refractivity contribution in [3.63, 3.8) is 0 Å². The lowest BCUT2D eigenvalue weighted by atomic mass is 10.1. The summed E-state index contributed by atoms with van der Waals surface area (Å²) in [5, 5.41) is 19.7. The second kappa shape index (κ2) is 2.72. The molecule has 1 N–H and O–H groups in total. The number of alkyl halides is 2. The van der Waals surface area contributed by atoms with E-state index >= 15 is 0 Å². The number of halogens is 2. The Kier molecular flexibility index (Phi) is 1.72. The van der Waals surface area contributed by atoms with Crippen molar-refractivity contribution in [2.75, 3.05) is 0 Å². The Hall–Kier alpha value is -2.05. The highest BCUT2D eigenvalue weighted by Gasteiger charge is 2.45. The van der Waals surface area contributed by atoms with Crippen molar-refractivity contribution in [2.24, 2.45) is 0 Å². The molecule has 0 amide bonds. The highest BCUT2D eigenvalue weighted by atomic mass is 19.3. The lowest BCUT2D eigenvalue weighted by Gasteiger charge is -2.11. The molecule has 1 heterocycles. The zero-order valence-corrected chi connectivity index (χ0v) is 6.99. The Labute approximate surface area is 81.5 Å². The normalized spacial score (nSPS) is 16.4. The largest absolute Gasteiger partial charge is 0.872 e. The van der Waals surface area contributed by atoms with Crippen molar-refractivity contribution in [3.8, 4) is 17.2 Å². The van der Waals surface area contributed by atoms with Gasteiger partial charge in [-0.15, -0.1) is 8.78 Å². The van der Waals surface area contributed by atoms with E-state index in [1.807, 2.05) is 0 Å². The lowest BCUT2D eigenvalue weighted by molar-refractivity contribution is -0.287. The summed E-state index contributed by atoms with van der Waals surface area (Å²) in [6, 6.07) is 1.76. The number of fused-ring (bicyclic) bond motifs is 1. The van der Waals surface area contributed by atoms with Crippen LogP contribution in [0.15, 0.2) is 12.1 Å². The van der Waals surface area contributed by atoms with Gasteiger partial charge in [-0.05, 0) is 6.07 Å². The van der Waals surface area contributed by atoms with E-state index in [-0.39, 0.29) is 0 Å². The molecule has 0 unspecified atom stereocenters. The maximum absolute atomic E-state index is 12.6. The quantitative estimate of drug-likeness (QED) is 0.751. The number of aromatic carboxylic acids is 1. The van der Waals surface area contributed by atoms with Gasteiger partial charge in [0.2, 0.25) is 0 Å². The minimum absolute atomic E-state index is 0.461. The van der Waals surface area contributed by atoms with Crippen LogP contribution in [0.1, 0.15) is 10.4 Å². The molecule has 0 aliphatic carbocycles. The van der Waals surface area contributed by atoms with E-state index < -0.39 is 35.1 Å². The van der Waals surface area contributed by atoms with E-state index in [0.29, 0.717) is 0 Å². The fourth-order valence-electron chi connectivity index (χ4n) is 1.20. The summed E-state index contributed by atoms with van der Waals surface area (Å²) in [7, 11) is 0. The molecule has 1 aliphatic heterocycles. The van der Waals surface area contributed by atoms with Gasteiger partial charge in [0, 0.05) is 0 Å². The first-order valence-corrected chi connectivity index (χ1v) is 3.74. The van der Waals surface area contributed by atoms with Gasteiger partial charge in [-0.3, -0.25) is 0 Å². The number of hydrogen-bond acceptors (Lipinski definition) is 4. The molecule has 7 heteroatoms. The Morgan fingerprint density at radius 1 is 1.40 bits per heavy atom. The van der Waals surface area contributed by atoms with E-state index in [1.54, 1.807) is 0 Å². The van der Waals surface area contributed by atoms with Gasteiger partial charge in [0.05, 0.1) is 5.56 Å². The van der Waals surface area contributed by atoms with Crippen LogP contribution in [0, 0.1) is 0 Å². The van der Waals surface area contributed by atoms with Crippen LogP contribution in [-0.2, 0) is 0 Å². The number of hydrogen-bond donors (Lipinski definition) is 1. The van der Waals surface area contributed by atoms with Gasteiger partial charge in [0.1, 0.15) is 0 Å². The van der Waals surface area contributed by atoms with E-state index in [4.69, 9.17) is 5.11 Å². The molecular formula is C8H3F2O5-. The van der Waals surface area contributed by atoms with Crippen molar-refractivity contribution in [1.29, 1.82) is 0 Å². The van der Waals surface area contributed by atoms with Crippen molar-refractivity contribution < 1.29 is 33.3 Å². The Balaban J connectivity index is 2.60. The number of carboxylic acid groups (broad SMARTS) is 1. The number of benzene rings is 1. The van der Waals surface area contributed by atoms with Crippen LogP contribution < -0.4 is 14.6 Å². The summed E-state index contributed by atoms with van der Waals surface area (Å²) in [6.07, 6.45) is -3.93. The van der Waals surface area contributed by atoms with Gasteiger partial charge in [-0.1, -0.05) is 11.8 Å². The Morgan fingerprint density at radius 3 is 2.67 bits per heavy atom. The van der Waals surface area contributed by atoms with E-state index in [0.717, 1.165) is 12.1 Å². The monoisotopic (exact) mass is 217 g/mol. The standard InChI is InChI=1S/C8H4F2O5/c9-8(10)14-4-2-1-3(11)5(7(12)13)6(4)15-8/h1-2,11H,(H,12,13)/p-1. The maximum atomic E-state index is 12.6. The van der Waals surface area contributed by atoms with E-state index in [9.17, 15) is 18.7 Å². The highest BCUT2D eigenvalue weighted by molar-refractivity contribution is 5.95. The molecule has 2 rings (SSSR count). The predicted molar refractivity (Wildman–Crippen MR) is 39.1 cm³/mol. The molecule has 0 saturated carbocycles. The minimum Gasteiger partial charge on any atom is -0.872 e. The molecule has 0 aromatic heterocycles. The Bertz CT molecular complexity index is 443. The van der Waals surface area contributed by atoms with Crippen LogP contribution in [0.4, 0.5) is 8.78 Å². The van der Waals surface area contributed by atoms with Gasteiger partial charge in [0.25, 0.3) is 0 Å². The number of rotatable bonds is 1. The maximum Gasteiger partial charge on any atom is 0.586 e. The first kappa shape index (κ1) is 9.50. The molecule has 5 nitrogen and oxygen atoms in total. The van der Waals surface area contributed by atoms with Gasteiger partial charge in [-0.25, -0.2) is 4.79 Å². The number of ether oxygens (including phenoxy) is 2. The SMILES string of the molecule is O=C(O)c1c([O-])ccc2c1OC(F)(F)O2. The van der Waals surface area contributed by atoms with E-state index in [2.05, 4.69) is 9.47 Å². The highest BCUT2D eigenvalue weighted by Crippen LogP contribution is 2.45. The molecule has 0 spiro atoms. The molecule has 0 bridgehead atoms. The number of carbonyl (C=O) groups is 1. The lowest BCUT2D eigenvalue weighted by Crippen LogP contribution is -2.26. The van der Waals surface area contributed by atoms with Crippen molar-refractivity contribution in [2.45, 2.75) is 6.29 Å². The molecule has 1 aromatic rings. The summed E-state index contributed by atoms with van der Waals surface area (Å²) >= 11 is 0. The first-order valence-electron chi connectivity index (χ1n) is 3.74. The summed E-state index contributed by atoms with van der Waals surface area (Å²) < 4.78 is 33.1. The van der Waals surface area contributed by atoms with Crippen LogP contribution in [0.25, 0.3) is 0 Å². The van der Waals surface area contributed by atoms with Crippen LogP contribution in [0.2, 0.25) is 0 Å². The van der Waals surface area contributed by atoms with Gasteiger partial charge >= 0.3 is 12.3 Å². The van der Waals surface area contributed by atoms with Crippen LogP contribution >= 0.6 is 0 Å². The second-order valence-corrected chi connectivity index (χ2v) is 2.74. The van der Waals surface area contributed by atoms with Gasteiger partial charge in [0.15, 0.2) is 11.5 Å². The molecular weight excluding hydrogens is 214 g/mol. The molecule has 80 valence electrons. The third-order valence-electron chi connectivity index (χ3n) is 1.75. The van der Waals surface area contributed by atoms with Crippen LogP contribution in [-0.4, -0.2) is 17.4 Å². The molecule has 0 saturated heterocycles. The zero-order valence-electron chi connectivity index (χ0n) is 6.99. The molecule has 0 fully saturated rings. The van der Waals surface area contributed by atoms with Crippen LogP contribution in [0.3, 0.4) is 0 Å². The second-order valence-electron chi connectivity index (χ2n) is 2.74. The van der Waals surface area contributed by atoms with Crippen molar-refractivity contribution in [3.05, 3.63) is 17.7 Å². The summed E-state index contributed by atoms with van der Waals surface area (Å²) in [6.45, 7) is 0. The molecule has 1 aliphatic rings. The topological polar surface area (TPSA) is 78.8 Å². The summed E-state index contributed by atoms with van der Waals surface area (Å²) in [4.78, 5) is 10.6. The van der Waals surface area contributed by atoms with Crippen LogP contribution in [0.5, 0.6) is 17.2 Å². The zero-order chi connectivity index (χ0) is 11.2. The Morgan fingerprint density at radius 2 is 2.07 bits per heavy atom. The predicted octanol–water partition coefficient (Wildman–Crippen LogP) is 0.780. The van der Waals surface area contributed by atoms with Crippen molar-refractivity contribution in [1.82, 2.24) is 0 Å². The third-order valence-corrected chi connectivity index (χ3v) is 1.75. The van der Waals surface area contributed by atoms with E-state index in [1.165, 1.54) is 0 Å². The molecule has 0 radical (unpaired) electrons. The van der Waals surface area contributed by atoms with Gasteiger partial charge in [-0.2, -0.15) is 0 Å². The van der Waals surface area contributed by atoms with Crippen molar-refractivity contribution >= 4 is 5.97 Å². The average molecular weight is 217 g/mol. The molecule has 15 heavy (non-hydrogen) atoms. The fourth-order valence-corrected chi connectivity index (χ4v) is 1.20. The first-order chi connectivity index (χ1) is 6.91. The summed E-state index contributed by atoms with van der Waals surface area (Å²) in [5.41, 5.74) is -0.857. The number of carboxylic acids is 1. The third kappa shape index (κ3) is 1.41. The fraction of sp³-hybridized carbons (Fsp3) is 0.125. The smallest absolute Gasteiger partial charge is 0.586 e. The average Bonchev–Trinajstić information content (AvgIpc) is 2.37. The summed E-state index contributed by atoms with van der Waals surface area (Å²) in [5.74, 6) is -3.75. The van der Waals surface area contributed by atoms with Gasteiger partial charge < -0.3 is 19.7 Å². The molecule has 0 atom stereocenters. The molecule has 1 aromatic carbocycles.